The first kappa shape index (κ1) is 18.6. The topological polar surface area (TPSA) is 38.8 Å². The second kappa shape index (κ2) is 9.52. The van der Waals surface area contributed by atoms with Gasteiger partial charge < -0.3 is 14.4 Å². The summed E-state index contributed by atoms with van der Waals surface area (Å²) in [5.41, 5.74) is 2.00. The van der Waals surface area contributed by atoms with E-state index < -0.39 is 0 Å². The number of likely N-dealkylation sites (N-methyl/N-ethyl adjacent to an activating group) is 1. The zero-order valence-electron chi connectivity index (χ0n) is 15.1. The molecule has 0 aliphatic carbocycles. The smallest absolute Gasteiger partial charge is 0.246 e. The summed E-state index contributed by atoms with van der Waals surface area (Å²) in [5.74, 6) is 1.36. The molecule has 0 fully saturated rings. The van der Waals surface area contributed by atoms with Crippen LogP contribution in [0.3, 0.4) is 0 Å². The van der Waals surface area contributed by atoms with E-state index in [0.29, 0.717) is 31.3 Å². The molecule has 1 amide bonds. The summed E-state index contributed by atoms with van der Waals surface area (Å²) < 4.78 is 11.2. The van der Waals surface area contributed by atoms with Gasteiger partial charge in [0.05, 0.1) is 13.2 Å². The second-order valence-corrected chi connectivity index (χ2v) is 5.59. The summed E-state index contributed by atoms with van der Waals surface area (Å²) in [5, 5.41) is 0. The number of hydrogen-bond donors (Lipinski definition) is 0. The number of amides is 1. The number of carbonyl (C=O) groups is 1. The molecule has 2 aromatic rings. The van der Waals surface area contributed by atoms with Crippen LogP contribution in [0.1, 0.15) is 25.0 Å². The minimum Gasteiger partial charge on any atom is -0.490 e. The summed E-state index contributed by atoms with van der Waals surface area (Å²) in [6, 6.07) is 15.6. The summed E-state index contributed by atoms with van der Waals surface area (Å²) in [6.07, 6.45) is 3.37. The van der Waals surface area contributed by atoms with Gasteiger partial charge in [0.2, 0.25) is 5.91 Å². The van der Waals surface area contributed by atoms with Crippen molar-refractivity contribution in [3.63, 3.8) is 0 Å². The molecule has 2 aromatic carbocycles. The third kappa shape index (κ3) is 5.68. The summed E-state index contributed by atoms with van der Waals surface area (Å²) >= 11 is 0. The molecule has 0 aliphatic heterocycles. The van der Waals surface area contributed by atoms with Gasteiger partial charge in [-0.2, -0.15) is 0 Å². The van der Waals surface area contributed by atoms with E-state index in [0.717, 1.165) is 11.1 Å². The highest BCUT2D eigenvalue weighted by Crippen LogP contribution is 2.29. The fourth-order valence-electron chi connectivity index (χ4n) is 2.40. The summed E-state index contributed by atoms with van der Waals surface area (Å²) in [4.78, 5) is 14.0. The molecule has 0 saturated carbocycles. The Bertz CT molecular complexity index is 710. The van der Waals surface area contributed by atoms with Crippen molar-refractivity contribution in [1.29, 1.82) is 0 Å². The molecule has 0 N–H and O–H groups in total. The normalized spacial score (nSPS) is 10.7. The van der Waals surface area contributed by atoms with Crippen molar-refractivity contribution in [3.05, 3.63) is 65.7 Å². The number of nitrogens with zero attached hydrogens (tertiary/aromatic N) is 1. The van der Waals surface area contributed by atoms with E-state index in [9.17, 15) is 4.79 Å². The molecule has 0 saturated heterocycles. The lowest BCUT2D eigenvalue weighted by Crippen LogP contribution is -2.24. The van der Waals surface area contributed by atoms with Gasteiger partial charge in [-0.15, -0.1) is 0 Å². The summed E-state index contributed by atoms with van der Waals surface area (Å²) in [7, 11) is 1.80. The van der Waals surface area contributed by atoms with E-state index in [-0.39, 0.29) is 5.91 Å². The van der Waals surface area contributed by atoms with Crippen LogP contribution < -0.4 is 9.47 Å². The van der Waals surface area contributed by atoms with E-state index in [1.807, 2.05) is 62.4 Å². The van der Waals surface area contributed by atoms with Gasteiger partial charge in [-0.3, -0.25) is 4.79 Å². The Kier molecular flexibility index (Phi) is 7.08. The molecule has 4 nitrogen and oxygen atoms in total. The molecule has 0 unspecified atom stereocenters. The fraction of sp³-hybridized carbons (Fsp3) is 0.286. The van der Waals surface area contributed by atoms with E-state index in [1.54, 1.807) is 24.1 Å². The quantitative estimate of drug-likeness (QED) is 0.678. The van der Waals surface area contributed by atoms with Crippen LogP contribution in [0.2, 0.25) is 0 Å². The highest BCUT2D eigenvalue weighted by atomic mass is 16.5. The lowest BCUT2D eigenvalue weighted by atomic mass is 10.1. The standard InChI is InChI=1S/C21H25NO3/c1-4-24-19-13-11-17(15-20(19)25-5-2)12-14-21(23)22(3)16-18-9-7-6-8-10-18/h6-15H,4-5,16H2,1-3H3/b14-12+. The van der Waals surface area contributed by atoms with E-state index in [2.05, 4.69) is 0 Å². The van der Waals surface area contributed by atoms with Gasteiger partial charge in [-0.25, -0.2) is 0 Å². The molecule has 0 aromatic heterocycles. The van der Waals surface area contributed by atoms with Crippen molar-refractivity contribution >= 4 is 12.0 Å². The predicted octanol–water partition coefficient (Wildman–Crippen LogP) is 4.16. The monoisotopic (exact) mass is 339 g/mol. The maximum absolute atomic E-state index is 12.3. The second-order valence-electron chi connectivity index (χ2n) is 5.59. The van der Waals surface area contributed by atoms with Gasteiger partial charge in [0.25, 0.3) is 0 Å². The SMILES string of the molecule is CCOc1ccc(/C=C/C(=O)N(C)Cc2ccccc2)cc1OCC. The number of carbonyl (C=O) groups excluding carboxylic acids is 1. The Morgan fingerprint density at radius 1 is 1.00 bits per heavy atom. The lowest BCUT2D eigenvalue weighted by molar-refractivity contribution is -0.125. The van der Waals surface area contributed by atoms with Crippen molar-refractivity contribution in [3.8, 4) is 11.5 Å². The molecule has 0 heterocycles. The van der Waals surface area contributed by atoms with Gasteiger partial charge in [0, 0.05) is 19.7 Å². The van der Waals surface area contributed by atoms with Crippen LogP contribution in [0.15, 0.2) is 54.6 Å². The van der Waals surface area contributed by atoms with Gasteiger partial charge in [-0.1, -0.05) is 36.4 Å². The van der Waals surface area contributed by atoms with Crippen molar-refractivity contribution in [2.45, 2.75) is 20.4 Å². The van der Waals surface area contributed by atoms with Crippen LogP contribution in [0.5, 0.6) is 11.5 Å². The first-order chi connectivity index (χ1) is 12.1. The van der Waals surface area contributed by atoms with Crippen LogP contribution in [0, 0.1) is 0 Å². The van der Waals surface area contributed by atoms with Crippen LogP contribution in [0.25, 0.3) is 6.08 Å². The van der Waals surface area contributed by atoms with E-state index in [1.165, 1.54) is 0 Å². The molecular weight excluding hydrogens is 314 g/mol. The first-order valence-electron chi connectivity index (χ1n) is 8.50. The van der Waals surface area contributed by atoms with Gasteiger partial charge in [0.15, 0.2) is 11.5 Å². The molecule has 0 aliphatic rings. The predicted molar refractivity (Wildman–Crippen MR) is 101 cm³/mol. The molecule has 0 radical (unpaired) electrons. The molecule has 25 heavy (non-hydrogen) atoms. The molecule has 2 rings (SSSR count). The zero-order valence-corrected chi connectivity index (χ0v) is 15.1. The molecule has 0 atom stereocenters. The van der Waals surface area contributed by atoms with Crippen LogP contribution >= 0.6 is 0 Å². The van der Waals surface area contributed by atoms with Crippen molar-refractivity contribution in [1.82, 2.24) is 4.90 Å². The number of ether oxygens (including phenoxy) is 2. The Morgan fingerprint density at radius 2 is 1.68 bits per heavy atom. The number of rotatable bonds is 8. The minimum absolute atomic E-state index is 0.0457. The third-order valence-electron chi connectivity index (χ3n) is 3.62. The van der Waals surface area contributed by atoms with E-state index >= 15 is 0 Å². The molecule has 0 spiro atoms. The molecule has 132 valence electrons. The lowest BCUT2D eigenvalue weighted by Gasteiger charge is -2.15. The molecular formula is C21H25NO3. The molecule has 4 heteroatoms. The number of benzene rings is 2. The van der Waals surface area contributed by atoms with Crippen molar-refractivity contribution in [2.24, 2.45) is 0 Å². The third-order valence-corrected chi connectivity index (χ3v) is 3.62. The number of hydrogen-bond acceptors (Lipinski definition) is 3. The van der Waals surface area contributed by atoms with Crippen LogP contribution in [-0.2, 0) is 11.3 Å². The maximum atomic E-state index is 12.3. The largest absolute Gasteiger partial charge is 0.490 e. The Morgan fingerprint density at radius 3 is 2.36 bits per heavy atom. The van der Waals surface area contributed by atoms with Crippen LogP contribution in [0.4, 0.5) is 0 Å². The Hall–Kier alpha value is -2.75. The maximum Gasteiger partial charge on any atom is 0.246 e. The average molecular weight is 339 g/mol. The highest BCUT2D eigenvalue weighted by molar-refractivity contribution is 5.91. The average Bonchev–Trinajstić information content (AvgIpc) is 2.62. The molecule has 0 bridgehead atoms. The first-order valence-corrected chi connectivity index (χ1v) is 8.50. The summed E-state index contributed by atoms with van der Waals surface area (Å²) in [6.45, 7) is 5.59. The van der Waals surface area contributed by atoms with Gasteiger partial charge >= 0.3 is 0 Å². The Labute approximate surface area is 149 Å². The Balaban J connectivity index is 2.04. The van der Waals surface area contributed by atoms with E-state index in [4.69, 9.17) is 9.47 Å². The van der Waals surface area contributed by atoms with Gasteiger partial charge in [0.1, 0.15) is 0 Å². The van der Waals surface area contributed by atoms with Crippen molar-refractivity contribution < 1.29 is 14.3 Å². The van der Waals surface area contributed by atoms with Crippen LogP contribution in [-0.4, -0.2) is 31.1 Å². The van der Waals surface area contributed by atoms with Crippen molar-refractivity contribution in [2.75, 3.05) is 20.3 Å². The van der Waals surface area contributed by atoms with Gasteiger partial charge in [-0.05, 0) is 43.2 Å². The minimum atomic E-state index is -0.0457. The highest BCUT2D eigenvalue weighted by Gasteiger charge is 2.07. The fourth-order valence-corrected chi connectivity index (χ4v) is 2.40. The zero-order chi connectivity index (χ0) is 18.1.